The zero-order valence-electron chi connectivity index (χ0n) is 20.7. The Balaban J connectivity index is 0.00000149. The van der Waals surface area contributed by atoms with Gasteiger partial charge in [-0.05, 0) is 38.4 Å². The number of aromatic nitrogens is 2. The number of aromatic amines is 1. The fraction of sp³-hybridized carbons (Fsp3) is 0.538. The maximum Gasteiger partial charge on any atom is 0.263 e. The van der Waals surface area contributed by atoms with Crippen LogP contribution in [0.4, 0.5) is 5.13 Å². The number of hydrogen-bond acceptors (Lipinski definition) is 5. The number of likely N-dealkylation sites (N-methyl/N-ethyl adjacent to an activating group) is 1. The van der Waals surface area contributed by atoms with E-state index in [-0.39, 0.29) is 11.9 Å². The molecular weight excluding hydrogens is 430 g/mol. The van der Waals surface area contributed by atoms with Gasteiger partial charge in [0.05, 0.1) is 6.20 Å². The molecule has 0 saturated carbocycles. The van der Waals surface area contributed by atoms with E-state index in [9.17, 15) is 4.79 Å². The number of hydrogen-bond donors (Lipinski definition) is 2. The summed E-state index contributed by atoms with van der Waals surface area (Å²) in [5, 5.41) is 5.48. The number of thiazole rings is 1. The summed E-state index contributed by atoms with van der Waals surface area (Å²) in [4.78, 5) is 26.3. The average Bonchev–Trinajstić information content (AvgIpc) is 3.49. The van der Waals surface area contributed by atoms with Gasteiger partial charge < -0.3 is 20.1 Å². The summed E-state index contributed by atoms with van der Waals surface area (Å²) in [6.45, 7) is 11.3. The molecule has 180 valence electrons. The van der Waals surface area contributed by atoms with Crippen LogP contribution in [0.3, 0.4) is 0 Å². The van der Waals surface area contributed by atoms with Crippen LogP contribution in [0.5, 0.6) is 0 Å². The molecule has 2 atom stereocenters. The number of amides is 1. The van der Waals surface area contributed by atoms with E-state index in [1.807, 2.05) is 19.9 Å². The van der Waals surface area contributed by atoms with Crippen LogP contribution in [-0.2, 0) is 6.42 Å². The molecule has 0 aliphatic carbocycles. The highest BCUT2D eigenvalue weighted by Crippen LogP contribution is 2.25. The van der Waals surface area contributed by atoms with E-state index in [2.05, 4.69) is 70.4 Å². The lowest BCUT2D eigenvalue weighted by Gasteiger charge is -2.37. The van der Waals surface area contributed by atoms with Gasteiger partial charge in [0.25, 0.3) is 5.91 Å². The minimum absolute atomic E-state index is 0.00753. The predicted molar refractivity (Wildman–Crippen MR) is 141 cm³/mol. The molecule has 33 heavy (non-hydrogen) atoms. The van der Waals surface area contributed by atoms with Gasteiger partial charge in [-0.2, -0.15) is 0 Å². The quantitative estimate of drug-likeness (QED) is 0.468. The number of fused-ring (bicyclic) bond motifs is 1. The van der Waals surface area contributed by atoms with Crippen LogP contribution in [0, 0.1) is 0 Å². The predicted octanol–water partition coefficient (Wildman–Crippen LogP) is 5.32. The molecule has 7 heteroatoms. The zero-order chi connectivity index (χ0) is 23.8. The lowest BCUT2D eigenvalue weighted by Crippen LogP contribution is -2.50. The molecule has 0 radical (unpaired) electrons. The largest absolute Gasteiger partial charge is 0.361 e. The summed E-state index contributed by atoms with van der Waals surface area (Å²) in [7, 11) is 2.16. The van der Waals surface area contributed by atoms with E-state index < -0.39 is 0 Å². The number of rotatable bonds is 8. The first-order chi connectivity index (χ1) is 16.0. The Morgan fingerprint density at radius 3 is 2.85 bits per heavy atom. The van der Waals surface area contributed by atoms with E-state index in [0.717, 1.165) is 56.0 Å². The van der Waals surface area contributed by atoms with Crippen molar-refractivity contribution in [1.29, 1.82) is 0 Å². The van der Waals surface area contributed by atoms with Gasteiger partial charge >= 0.3 is 0 Å². The third kappa shape index (κ3) is 6.36. The van der Waals surface area contributed by atoms with Crippen molar-refractivity contribution in [1.82, 2.24) is 20.2 Å². The minimum atomic E-state index is -0.00753. The highest BCUT2D eigenvalue weighted by Gasteiger charge is 2.24. The number of carbonyl (C=O) groups is 1. The van der Waals surface area contributed by atoms with Gasteiger partial charge in [0.1, 0.15) is 4.88 Å². The van der Waals surface area contributed by atoms with Crippen LogP contribution in [0.15, 0.2) is 36.7 Å². The number of nitrogens with one attached hydrogen (secondary N) is 2. The van der Waals surface area contributed by atoms with E-state index in [0.29, 0.717) is 10.9 Å². The minimum Gasteiger partial charge on any atom is -0.361 e. The first kappa shape index (κ1) is 25.2. The van der Waals surface area contributed by atoms with E-state index in [1.165, 1.54) is 22.3 Å². The summed E-state index contributed by atoms with van der Waals surface area (Å²) in [5.41, 5.74) is 2.40. The maximum atomic E-state index is 13.0. The number of benzene rings is 1. The molecule has 4 rings (SSSR count). The number of piperazine rings is 1. The Morgan fingerprint density at radius 2 is 2.09 bits per heavy atom. The van der Waals surface area contributed by atoms with Crippen molar-refractivity contribution in [2.45, 2.75) is 65.5 Å². The number of nitrogens with zero attached hydrogens (tertiary/aromatic N) is 3. The van der Waals surface area contributed by atoms with Crippen LogP contribution in [0.2, 0.25) is 0 Å². The Kier molecular flexibility index (Phi) is 9.32. The lowest BCUT2D eigenvalue weighted by molar-refractivity contribution is 0.0938. The van der Waals surface area contributed by atoms with Crippen molar-refractivity contribution in [2.75, 3.05) is 31.6 Å². The van der Waals surface area contributed by atoms with Crippen molar-refractivity contribution >= 4 is 33.3 Å². The van der Waals surface area contributed by atoms with Gasteiger partial charge in [0.2, 0.25) is 0 Å². The number of unbranched alkanes of at least 4 members (excludes halogenated alkanes) is 1. The molecule has 3 heterocycles. The lowest BCUT2D eigenvalue weighted by atomic mass is 10.0. The third-order valence-corrected chi connectivity index (χ3v) is 7.39. The molecule has 0 spiro atoms. The second kappa shape index (κ2) is 12.2. The summed E-state index contributed by atoms with van der Waals surface area (Å²) in [5.74, 6) is -0.00753. The molecule has 2 aromatic heterocycles. The summed E-state index contributed by atoms with van der Waals surface area (Å²) in [6, 6.07) is 8.95. The third-order valence-electron chi connectivity index (χ3n) is 6.33. The van der Waals surface area contributed by atoms with Crippen molar-refractivity contribution in [2.24, 2.45) is 0 Å². The summed E-state index contributed by atoms with van der Waals surface area (Å²) in [6.07, 6.45) is 7.84. The first-order valence-electron chi connectivity index (χ1n) is 12.3. The second-order valence-electron chi connectivity index (χ2n) is 8.66. The molecule has 1 fully saturated rings. The molecule has 6 nitrogen and oxygen atoms in total. The molecule has 2 N–H and O–H groups in total. The topological polar surface area (TPSA) is 64.3 Å². The van der Waals surface area contributed by atoms with Crippen molar-refractivity contribution in [3.05, 3.63) is 47.1 Å². The average molecular weight is 470 g/mol. The summed E-state index contributed by atoms with van der Waals surface area (Å²) >= 11 is 1.51. The zero-order valence-corrected chi connectivity index (χ0v) is 21.5. The van der Waals surface area contributed by atoms with Crippen LogP contribution >= 0.6 is 11.3 Å². The van der Waals surface area contributed by atoms with Gasteiger partial charge in [0, 0.05) is 48.8 Å². The van der Waals surface area contributed by atoms with Gasteiger partial charge in [-0.15, -0.1) is 0 Å². The van der Waals surface area contributed by atoms with Crippen molar-refractivity contribution < 1.29 is 4.79 Å². The number of para-hydroxylation sites is 1. The van der Waals surface area contributed by atoms with E-state index >= 15 is 0 Å². The van der Waals surface area contributed by atoms with Gasteiger partial charge in [-0.1, -0.05) is 63.1 Å². The van der Waals surface area contributed by atoms with Crippen LogP contribution < -0.4 is 10.2 Å². The fourth-order valence-electron chi connectivity index (χ4n) is 4.24. The highest BCUT2D eigenvalue weighted by atomic mass is 32.1. The number of carbonyl (C=O) groups excluding carboxylic acids is 1. The Morgan fingerprint density at radius 1 is 1.30 bits per heavy atom. The van der Waals surface area contributed by atoms with E-state index in [1.54, 1.807) is 6.20 Å². The van der Waals surface area contributed by atoms with E-state index in [4.69, 9.17) is 0 Å². The van der Waals surface area contributed by atoms with Crippen LogP contribution in [0.1, 0.15) is 62.2 Å². The standard InChI is InChI=1S/C24H33N5OS.C2H6/c1-4-5-8-19(13-18-14-25-21-10-7-6-9-20(18)21)27-23(30)22-15-26-24(31-22)29-12-11-28(3)17(2)16-29;1-2/h6-7,9-10,14-15,17,19,25H,4-5,8,11-13,16H2,1-3H3,(H,27,30);1-2H3. The molecule has 0 bridgehead atoms. The first-order valence-corrected chi connectivity index (χ1v) is 13.1. The van der Waals surface area contributed by atoms with Crippen molar-refractivity contribution in [3.63, 3.8) is 0 Å². The van der Waals surface area contributed by atoms with Gasteiger partial charge in [-0.25, -0.2) is 4.98 Å². The molecule has 1 aliphatic rings. The molecule has 1 aliphatic heterocycles. The molecule has 3 aromatic rings. The Labute approximate surface area is 202 Å². The van der Waals surface area contributed by atoms with Crippen molar-refractivity contribution in [3.8, 4) is 0 Å². The Bertz CT molecular complexity index is 1010. The molecule has 1 aromatic carbocycles. The molecule has 1 saturated heterocycles. The molecule has 2 unspecified atom stereocenters. The smallest absolute Gasteiger partial charge is 0.263 e. The Hall–Kier alpha value is -2.38. The fourth-order valence-corrected chi connectivity index (χ4v) is 5.09. The van der Waals surface area contributed by atoms with Gasteiger partial charge in [-0.3, -0.25) is 4.79 Å². The monoisotopic (exact) mass is 469 g/mol. The SMILES string of the molecule is CC.CCCCC(Cc1c[nH]c2ccccc12)NC(=O)c1cnc(N2CCN(C)C(C)C2)s1. The van der Waals surface area contributed by atoms with Gasteiger partial charge in [0.15, 0.2) is 5.13 Å². The second-order valence-corrected chi connectivity index (χ2v) is 9.67. The number of anilines is 1. The van der Waals surface area contributed by atoms with Crippen LogP contribution in [0.25, 0.3) is 10.9 Å². The van der Waals surface area contributed by atoms with Crippen LogP contribution in [-0.4, -0.2) is 59.5 Å². The maximum absolute atomic E-state index is 13.0. The molecular formula is C26H39N5OS. The normalized spacial score (nSPS) is 17.5. The summed E-state index contributed by atoms with van der Waals surface area (Å²) < 4.78 is 0. The number of H-pyrrole nitrogens is 1. The molecule has 1 amide bonds. The highest BCUT2D eigenvalue weighted by molar-refractivity contribution is 7.17.